The first kappa shape index (κ1) is 25.7. The minimum atomic E-state index is -0.944. The Morgan fingerprint density at radius 3 is 2.51 bits per heavy atom. The molecule has 1 saturated heterocycles. The number of rotatable bonds is 10. The van der Waals surface area contributed by atoms with Gasteiger partial charge in [-0.05, 0) is 49.6 Å². The summed E-state index contributed by atoms with van der Waals surface area (Å²) >= 11 is 0. The van der Waals surface area contributed by atoms with E-state index in [4.69, 9.17) is 9.47 Å². The molecule has 1 unspecified atom stereocenters. The van der Waals surface area contributed by atoms with Gasteiger partial charge in [0.25, 0.3) is 5.91 Å². The molecular formula is C26H31N3O6. The van der Waals surface area contributed by atoms with E-state index in [1.54, 1.807) is 49.4 Å². The molecule has 4 amide bonds. The van der Waals surface area contributed by atoms with E-state index in [0.717, 1.165) is 4.90 Å². The van der Waals surface area contributed by atoms with Crippen molar-refractivity contribution in [2.45, 2.75) is 39.7 Å². The van der Waals surface area contributed by atoms with Gasteiger partial charge in [0.05, 0.1) is 31.4 Å². The number of carbonyl (C=O) groups excluding carboxylic acids is 4. The maximum Gasteiger partial charge on any atom is 0.338 e. The first-order chi connectivity index (χ1) is 16.7. The SMILES string of the molecule is CCOC(=O)c1cccc(NC(=O)CC2C(=O)N(c3cccc(OC)c3)C(=O)N2CCC(C)C)c1. The van der Waals surface area contributed by atoms with Crippen molar-refractivity contribution in [3.8, 4) is 5.75 Å². The summed E-state index contributed by atoms with van der Waals surface area (Å²) < 4.78 is 10.2. The summed E-state index contributed by atoms with van der Waals surface area (Å²) in [6.45, 7) is 6.35. The average Bonchev–Trinajstić information content (AvgIpc) is 3.06. The van der Waals surface area contributed by atoms with Crippen LogP contribution in [0.4, 0.5) is 16.2 Å². The average molecular weight is 482 g/mol. The standard InChI is InChI=1S/C26H31N3O6/c1-5-35-25(32)18-8-6-9-19(14-18)27-23(30)16-22-24(31)29(20-10-7-11-21(15-20)34-4)26(33)28(22)13-12-17(2)3/h6-11,14-15,17,22H,5,12-13,16H2,1-4H3,(H,27,30). The Kier molecular flexibility index (Phi) is 8.46. The summed E-state index contributed by atoms with van der Waals surface area (Å²) in [5.41, 5.74) is 1.09. The molecule has 1 N–H and O–H groups in total. The molecule has 0 saturated carbocycles. The Morgan fingerprint density at radius 2 is 1.83 bits per heavy atom. The number of esters is 1. The summed E-state index contributed by atoms with van der Waals surface area (Å²) in [6.07, 6.45) is 0.470. The zero-order valence-corrected chi connectivity index (χ0v) is 20.4. The number of hydrogen-bond donors (Lipinski definition) is 1. The highest BCUT2D eigenvalue weighted by Crippen LogP contribution is 2.30. The number of nitrogens with one attached hydrogen (secondary N) is 1. The smallest absolute Gasteiger partial charge is 0.338 e. The Hall–Kier alpha value is -3.88. The number of nitrogens with zero attached hydrogens (tertiary/aromatic N) is 2. The Balaban J connectivity index is 1.80. The number of amides is 4. The largest absolute Gasteiger partial charge is 0.497 e. The Morgan fingerprint density at radius 1 is 1.09 bits per heavy atom. The topological polar surface area (TPSA) is 105 Å². The van der Waals surface area contributed by atoms with Crippen LogP contribution in [0.1, 0.15) is 44.0 Å². The highest BCUT2D eigenvalue weighted by molar-refractivity contribution is 6.22. The molecule has 1 aliphatic rings. The van der Waals surface area contributed by atoms with Gasteiger partial charge in [-0.25, -0.2) is 14.5 Å². The lowest BCUT2D eigenvalue weighted by Crippen LogP contribution is -2.39. The molecule has 0 aromatic heterocycles. The molecular weight excluding hydrogens is 450 g/mol. The van der Waals surface area contributed by atoms with Crippen molar-refractivity contribution in [2.24, 2.45) is 5.92 Å². The highest BCUT2D eigenvalue weighted by atomic mass is 16.5. The third kappa shape index (κ3) is 6.17. The normalized spacial score (nSPS) is 15.5. The van der Waals surface area contributed by atoms with Gasteiger partial charge < -0.3 is 19.7 Å². The van der Waals surface area contributed by atoms with Gasteiger partial charge in [-0.2, -0.15) is 0 Å². The lowest BCUT2D eigenvalue weighted by Gasteiger charge is -2.22. The Bertz CT molecular complexity index is 1100. The second kappa shape index (κ2) is 11.5. The number of carbonyl (C=O) groups is 4. The first-order valence-corrected chi connectivity index (χ1v) is 11.6. The predicted octanol–water partition coefficient (Wildman–Crippen LogP) is 4.08. The van der Waals surface area contributed by atoms with Crippen molar-refractivity contribution in [3.05, 3.63) is 54.1 Å². The van der Waals surface area contributed by atoms with Crippen LogP contribution in [0.25, 0.3) is 0 Å². The third-order valence-corrected chi connectivity index (χ3v) is 5.61. The summed E-state index contributed by atoms with van der Waals surface area (Å²) in [5, 5.41) is 2.72. The van der Waals surface area contributed by atoms with Gasteiger partial charge in [0.15, 0.2) is 0 Å². The summed E-state index contributed by atoms with van der Waals surface area (Å²) in [7, 11) is 1.51. The van der Waals surface area contributed by atoms with Gasteiger partial charge in [0.2, 0.25) is 5.91 Å². The lowest BCUT2D eigenvalue weighted by atomic mass is 10.1. The van der Waals surface area contributed by atoms with E-state index >= 15 is 0 Å². The minimum Gasteiger partial charge on any atom is -0.497 e. The van der Waals surface area contributed by atoms with E-state index < -0.39 is 29.9 Å². The molecule has 1 aliphatic heterocycles. The third-order valence-electron chi connectivity index (χ3n) is 5.61. The zero-order chi connectivity index (χ0) is 25.5. The van der Waals surface area contributed by atoms with Crippen LogP contribution in [0, 0.1) is 5.92 Å². The summed E-state index contributed by atoms with van der Waals surface area (Å²) in [6, 6.07) is 11.6. The number of imide groups is 1. The molecule has 2 aromatic carbocycles. The van der Waals surface area contributed by atoms with Gasteiger partial charge in [0, 0.05) is 18.3 Å². The Labute approximate surface area is 205 Å². The molecule has 35 heavy (non-hydrogen) atoms. The van der Waals surface area contributed by atoms with E-state index in [9.17, 15) is 19.2 Å². The van der Waals surface area contributed by atoms with Crippen LogP contribution in [0.15, 0.2) is 48.5 Å². The van der Waals surface area contributed by atoms with Crippen LogP contribution in [-0.2, 0) is 14.3 Å². The quantitative estimate of drug-likeness (QED) is 0.405. The molecule has 2 aromatic rings. The van der Waals surface area contributed by atoms with Gasteiger partial charge >= 0.3 is 12.0 Å². The first-order valence-electron chi connectivity index (χ1n) is 11.6. The van der Waals surface area contributed by atoms with Crippen molar-refractivity contribution in [3.63, 3.8) is 0 Å². The van der Waals surface area contributed by atoms with Gasteiger partial charge in [0.1, 0.15) is 11.8 Å². The molecule has 1 heterocycles. The molecule has 9 nitrogen and oxygen atoms in total. The number of urea groups is 1. The van der Waals surface area contributed by atoms with Crippen LogP contribution >= 0.6 is 0 Å². The number of methoxy groups -OCH3 is 1. The monoisotopic (exact) mass is 481 g/mol. The van der Waals surface area contributed by atoms with Crippen LogP contribution in [0.5, 0.6) is 5.75 Å². The van der Waals surface area contributed by atoms with Crippen LogP contribution in [-0.4, -0.2) is 55.0 Å². The summed E-state index contributed by atoms with van der Waals surface area (Å²) in [5.74, 6) is -0.584. The minimum absolute atomic E-state index is 0.216. The number of benzene rings is 2. The summed E-state index contributed by atoms with van der Waals surface area (Å²) in [4.78, 5) is 54.1. The fraction of sp³-hybridized carbons (Fsp3) is 0.385. The van der Waals surface area contributed by atoms with E-state index in [-0.39, 0.29) is 13.0 Å². The van der Waals surface area contributed by atoms with Crippen molar-refractivity contribution in [2.75, 3.05) is 30.5 Å². The zero-order valence-electron chi connectivity index (χ0n) is 20.4. The van der Waals surface area contributed by atoms with Crippen molar-refractivity contribution < 1.29 is 28.7 Å². The second-order valence-electron chi connectivity index (χ2n) is 8.60. The van der Waals surface area contributed by atoms with E-state index in [1.807, 2.05) is 13.8 Å². The maximum absolute atomic E-state index is 13.4. The lowest BCUT2D eigenvalue weighted by molar-refractivity contribution is -0.124. The van der Waals surface area contributed by atoms with Crippen LogP contribution < -0.4 is 15.0 Å². The highest BCUT2D eigenvalue weighted by Gasteiger charge is 2.46. The second-order valence-corrected chi connectivity index (χ2v) is 8.60. The van der Waals surface area contributed by atoms with E-state index in [2.05, 4.69) is 5.32 Å². The van der Waals surface area contributed by atoms with Gasteiger partial charge in [-0.3, -0.25) is 9.59 Å². The van der Waals surface area contributed by atoms with Crippen LogP contribution in [0.2, 0.25) is 0 Å². The fourth-order valence-electron chi connectivity index (χ4n) is 3.80. The molecule has 1 atom stereocenters. The molecule has 0 bridgehead atoms. The van der Waals surface area contributed by atoms with Crippen molar-refractivity contribution >= 4 is 35.2 Å². The van der Waals surface area contributed by atoms with Crippen LogP contribution in [0.3, 0.4) is 0 Å². The van der Waals surface area contributed by atoms with Crippen molar-refractivity contribution in [1.29, 1.82) is 0 Å². The molecule has 186 valence electrons. The molecule has 0 spiro atoms. The van der Waals surface area contributed by atoms with E-state index in [1.165, 1.54) is 18.1 Å². The fourth-order valence-corrected chi connectivity index (χ4v) is 3.80. The molecule has 9 heteroatoms. The molecule has 3 rings (SSSR count). The van der Waals surface area contributed by atoms with Gasteiger partial charge in [-0.1, -0.05) is 26.0 Å². The predicted molar refractivity (Wildman–Crippen MR) is 131 cm³/mol. The van der Waals surface area contributed by atoms with Gasteiger partial charge in [-0.15, -0.1) is 0 Å². The molecule has 1 fully saturated rings. The molecule has 0 radical (unpaired) electrons. The number of anilines is 2. The maximum atomic E-state index is 13.4. The van der Waals surface area contributed by atoms with E-state index in [0.29, 0.717) is 41.6 Å². The van der Waals surface area contributed by atoms with Crippen molar-refractivity contribution in [1.82, 2.24) is 4.90 Å². The number of ether oxygens (including phenoxy) is 2. The number of hydrogen-bond acceptors (Lipinski definition) is 6. The molecule has 0 aliphatic carbocycles.